The van der Waals surface area contributed by atoms with E-state index in [0.717, 1.165) is 28.8 Å². The number of furan rings is 1. The molecule has 1 atom stereocenters. The molecule has 4 heteroatoms. The molecule has 0 aliphatic heterocycles. The number of aromatic nitrogens is 2. The zero-order valence-corrected chi connectivity index (χ0v) is 10.7. The lowest BCUT2D eigenvalue weighted by Crippen LogP contribution is -2.19. The van der Waals surface area contributed by atoms with Crippen molar-refractivity contribution in [3.63, 3.8) is 0 Å². The molecule has 1 unspecified atom stereocenters. The van der Waals surface area contributed by atoms with Gasteiger partial charge >= 0.3 is 0 Å². The lowest BCUT2D eigenvalue weighted by molar-refractivity contribution is 0.467. The second-order valence-corrected chi connectivity index (χ2v) is 4.40. The minimum Gasteiger partial charge on any atom is -0.469 e. The average molecular weight is 253 g/mol. The number of rotatable bonds is 4. The Hall–Kier alpha value is -2.20. The summed E-state index contributed by atoms with van der Waals surface area (Å²) < 4.78 is 5.42. The van der Waals surface area contributed by atoms with Crippen LogP contribution < -0.4 is 5.32 Å². The highest BCUT2D eigenvalue weighted by molar-refractivity contribution is 5.78. The van der Waals surface area contributed by atoms with Gasteiger partial charge in [-0.15, -0.1) is 0 Å². The van der Waals surface area contributed by atoms with E-state index >= 15 is 0 Å². The summed E-state index contributed by atoms with van der Waals surface area (Å²) in [6.07, 6.45) is 5.93. The van der Waals surface area contributed by atoms with Gasteiger partial charge in [-0.1, -0.05) is 12.1 Å². The van der Waals surface area contributed by atoms with Crippen LogP contribution in [0.25, 0.3) is 11.0 Å². The van der Waals surface area contributed by atoms with E-state index in [4.69, 9.17) is 4.42 Å². The van der Waals surface area contributed by atoms with E-state index in [1.807, 2.05) is 31.3 Å². The Labute approximate surface area is 111 Å². The van der Waals surface area contributed by atoms with Crippen molar-refractivity contribution in [3.8, 4) is 0 Å². The van der Waals surface area contributed by atoms with Gasteiger partial charge in [0.15, 0.2) is 0 Å². The lowest BCUT2D eigenvalue weighted by atomic mass is 10.0. The van der Waals surface area contributed by atoms with Gasteiger partial charge in [0.2, 0.25) is 0 Å². The van der Waals surface area contributed by atoms with Crippen molar-refractivity contribution in [2.24, 2.45) is 0 Å². The Morgan fingerprint density at radius 2 is 2.05 bits per heavy atom. The molecule has 0 fully saturated rings. The summed E-state index contributed by atoms with van der Waals surface area (Å²) >= 11 is 0. The predicted molar refractivity (Wildman–Crippen MR) is 73.8 cm³/mol. The Morgan fingerprint density at radius 1 is 1.16 bits per heavy atom. The highest BCUT2D eigenvalue weighted by Gasteiger charge is 2.15. The SMILES string of the molecule is CNC(Cc1ccco1)c1cccc2nccnc12. The van der Waals surface area contributed by atoms with E-state index in [2.05, 4.69) is 21.4 Å². The Bertz CT molecular complexity index is 659. The first-order valence-corrected chi connectivity index (χ1v) is 6.28. The summed E-state index contributed by atoms with van der Waals surface area (Å²) in [5.74, 6) is 0.959. The van der Waals surface area contributed by atoms with Crippen molar-refractivity contribution >= 4 is 11.0 Å². The van der Waals surface area contributed by atoms with E-state index in [1.165, 1.54) is 0 Å². The third-order valence-electron chi connectivity index (χ3n) is 3.24. The zero-order valence-electron chi connectivity index (χ0n) is 10.7. The van der Waals surface area contributed by atoms with Crippen LogP contribution >= 0.6 is 0 Å². The third-order valence-corrected chi connectivity index (χ3v) is 3.24. The molecule has 0 radical (unpaired) electrons. The molecule has 2 heterocycles. The fourth-order valence-electron chi connectivity index (χ4n) is 2.29. The first-order valence-electron chi connectivity index (χ1n) is 6.28. The number of likely N-dealkylation sites (N-methyl/N-ethyl adjacent to an activating group) is 1. The molecule has 0 saturated carbocycles. The minimum absolute atomic E-state index is 0.159. The molecular formula is C15H15N3O. The van der Waals surface area contributed by atoms with Gasteiger partial charge in [0.1, 0.15) is 5.76 Å². The number of hydrogen-bond donors (Lipinski definition) is 1. The Kier molecular flexibility index (Phi) is 3.25. The number of nitrogens with zero attached hydrogens (tertiary/aromatic N) is 2. The summed E-state index contributed by atoms with van der Waals surface area (Å²) in [5, 5.41) is 3.32. The molecule has 0 saturated heterocycles. The fourth-order valence-corrected chi connectivity index (χ4v) is 2.29. The maximum absolute atomic E-state index is 5.42. The van der Waals surface area contributed by atoms with Gasteiger partial charge in [-0.3, -0.25) is 9.97 Å². The highest BCUT2D eigenvalue weighted by Crippen LogP contribution is 2.24. The van der Waals surface area contributed by atoms with Crippen molar-refractivity contribution < 1.29 is 4.42 Å². The maximum atomic E-state index is 5.42. The highest BCUT2D eigenvalue weighted by atomic mass is 16.3. The largest absolute Gasteiger partial charge is 0.469 e. The van der Waals surface area contributed by atoms with E-state index in [9.17, 15) is 0 Å². The van der Waals surface area contributed by atoms with Crippen molar-refractivity contribution in [2.45, 2.75) is 12.5 Å². The van der Waals surface area contributed by atoms with Gasteiger partial charge in [0, 0.05) is 24.9 Å². The monoisotopic (exact) mass is 253 g/mol. The number of fused-ring (bicyclic) bond motifs is 1. The zero-order chi connectivity index (χ0) is 13.1. The van der Waals surface area contributed by atoms with Gasteiger partial charge in [-0.05, 0) is 30.8 Å². The molecule has 0 bridgehead atoms. The number of para-hydroxylation sites is 1. The van der Waals surface area contributed by atoms with Gasteiger partial charge in [0.25, 0.3) is 0 Å². The molecular weight excluding hydrogens is 238 g/mol. The molecule has 0 amide bonds. The second-order valence-electron chi connectivity index (χ2n) is 4.40. The van der Waals surface area contributed by atoms with Crippen molar-refractivity contribution in [1.29, 1.82) is 0 Å². The molecule has 3 rings (SSSR count). The first kappa shape index (κ1) is 11.9. The minimum atomic E-state index is 0.159. The first-order chi connectivity index (χ1) is 9.38. The summed E-state index contributed by atoms with van der Waals surface area (Å²) in [5.41, 5.74) is 3.00. The number of benzene rings is 1. The van der Waals surface area contributed by atoms with Crippen LogP contribution in [-0.4, -0.2) is 17.0 Å². The molecule has 19 heavy (non-hydrogen) atoms. The molecule has 2 aromatic heterocycles. The normalized spacial score (nSPS) is 12.7. The second kappa shape index (κ2) is 5.20. The van der Waals surface area contributed by atoms with Crippen LogP contribution in [0.2, 0.25) is 0 Å². The molecule has 3 aromatic rings. The topological polar surface area (TPSA) is 51.0 Å². The lowest BCUT2D eigenvalue weighted by Gasteiger charge is -2.16. The van der Waals surface area contributed by atoms with Crippen LogP contribution in [0.4, 0.5) is 0 Å². The van der Waals surface area contributed by atoms with Crippen molar-refractivity contribution in [2.75, 3.05) is 7.05 Å². The van der Waals surface area contributed by atoms with E-state index < -0.39 is 0 Å². The molecule has 0 aliphatic carbocycles. The van der Waals surface area contributed by atoms with Crippen LogP contribution in [0.15, 0.2) is 53.4 Å². The standard InChI is InChI=1S/C15H15N3O/c1-16-14(10-11-4-3-9-19-11)12-5-2-6-13-15(12)18-8-7-17-13/h2-9,14,16H,10H2,1H3. The molecule has 1 N–H and O–H groups in total. The summed E-state index contributed by atoms with van der Waals surface area (Å²) in [6, 6.07) is 10.1. The fraction of sp³-hybridized carbons (Fsp3) is 0.200. The van der Waals surface area contributed by atoms with Gasteiger partial charge in [-0.25, -0.2) is 0 Å². The van der Waals surface area contributed by atoms with Crippen LogP contribution in [0.1, 0.15) is 17.4 Å². The molecule has 4 nitrogen and oxygen atoms in total. The average Bonchev–Trinajstić information content (AvgIpc) is 2.97. The van der Waals surface area contributed by atoms with Crippen molar-refractivity contribution in [1.82, 2.24) is 15.3 Å². The number of hydrogen-bond acceptors (Lipinski definition) is 4. The van der Waals surface area contributed by atoms with Gasteiger partial charge in [0.05, 0.1) is 17.3 Å². The summed E-state index contributed by atoms with van der Waals surface area (Å²) in [4.78, 5) is 8.79. The van der Waals surface area contributed by atoms with E-state index in [1.54, 1.807) is 18.7 Å². The van der Waals surface area contributed by atoms with E-state index in [0.29, 0.717) is 0 Å². The Balaban J connectivity index is 2.01. The summed E-state index contributed by atoms with van der Waals surface area (Å²) in [6.45, 7) is 0. The molecule has 0 aliphatic rings. The Morgan fingerprint density at radius 3 is 2.84 bits per heavy atom. The smallest absolute Gasteiger partial charge is 0.105 e. The molecule has 0 spiro atoms. The summed E-state index contributed by atoms with van der Waals surface area (Å²) in [7, 11) is 1.95. The molecule has 1 aromatic carbocycles. The van der Waals surface area contributed by atoms with Crippen LogP contribution in [0.3, 0.4) is 0 Å². The number of nitrogens with one attached hydrogen (secondary N) is 1. The van der Waals surface area contributed by atoms with Crippen LogP contribution in [0, 0.1) is 0 Å². The van der Waals surface area contributed by atoms with E-state index in [-0.39, 0.29) is 6.04 Å². The van der Waals surface area contributed by atoms with Crippen molar-refractivity contribution in [3.05, 3.63) is 60.3 Å². The molecule has 96 valence electrons. The van der Waals surface area contributed by atoms with Crippen LogP contribution in [-0.2, 0) is 6.42 Å². The van der Waals surface area contributed by atoms with Gasteiger partial charge in [-0.2, -0.15) is 0 Å². The quantitative estimate of drug-likeness (QED) is 0.776. The predicted octanol–water partition coefficient (Wildman–Crippen LogP) is 2.73. The third kappa shape index (κ3) is 2.35. The van der Waals surface area contributed by atoms with Crippen LogP contribution in [0.5, 0.6) is 0 Å². The maximum Gasteiger partial charge on any atom is 0.105 e. The van der Waals surface area contributed by atoms with Gasteiger partial charge < -0.3 is 9.73 Å².